The number of aromatic amines is 1. The average Bonchev–Trinajstić information content (AvgIpc) is 2.90. The van der Waals surface area contributed by atoms with Gasteiger partial charge in [0.15, 0.2) is 0 Å². The molecule has 5 heteroatoms. The number of para-hydroxylation sites is 1. The number of aromatic nitrogens is 1. The Morgan fingerprint density at radius 1 is 1.27 bits per heavy atom. The quantitative estimate of drug-likeness (QED) is 0.772. The highest BCUT2D eigenvalue weighted by molar-refractivity contribution is 5.87. The van der Waals surface area contributed by atoms with Crippen LogP contribution in [0.1, 0.15) is 32.3 Å². The third kappa shape index (κ3) is 3.87. The number of nitrogens with one attached hydrogen (secondary N) is 2. The van der Waals surface area contributed by atoms with E-state index in [1.165, 1.54) is 0 Å². The van der Waals surface area contributed by atoms with Gasteiger partial charge in [0, 0.05) is 29.9 Å². The van der Waals surface area contributed by atoms with Crippen molar-refractivity contribution in [1.29, 1.82) is 0 Å². The Morgan fingerprint density at radius 2 is 2.05 bits per heavy atom. The zero-order chi connectivity index (χ0) is 15.9. The number of esters is 1. The highest BCUT2D eigenvalue weighted by atomic mass is 16.5. The van der Waals surface area contributed by atoms with Crippen LogP contribution < -0.4 is 5.32 Å². The van der Waals surface area contributed by atoms with Crippen molar-refractivity contribution in [1.82, 2.24) is 10.3 Å². The van der Waals surface area contributed by atoms with E-state index in [1.54, 1.807) is 6.92 Å². The van der Waals surface area contributed by atoms with Gasteiger partial charge in [-0.05, 0) is 25.0 Å². The number of carbonyl (C=O) groups excluding carboxylic acids is 2. The monoisotopic (exact) mass is 302 g/mol. The Morgan fingerprint density at radius 3 is 2.77 bits per heavy atom. The lowest BCUT2D eigenvalue weighted by molar-refractivity contribution is -0.147. The molecule has 0 spiro atoms. The van der Waals surface area contributed by atoms with Crippen LogP contribution in [-0.2, 0) is 20.7 Å². The Labute approximate surface area is 130 Å². The van der Waals surface area contributed by atoms with Crippen LogP contribution in [-0.4, -0.2) is 29.5 Å². The summed E-state index contributed by atoms with van der Waals surface area (Å²) < 4.78 is 5.08. The van der Waals surface area contributed by atoms with E-state index in [0.29, 0.717) is 19.4 Å². The summed E-state index contributed by atoms with van der Waals surface area (Å²) in [5.41, 5.74) is 2.01. The number of rotatable bonds is 7. The minimum atomic E-state index is -0.654. The van der Waals surface area contributed by atoms with Gasteiger partial charge in [0.1, 0.15) is 6.04 Å². The minimum Gasteiger partial charge on any atom is -0.464 e. The molecule has 1 aromatic heterocycles. The van der Waals surface area contributed by atoms with Crippen LogP contribution in [0.2, 0.25) is 0 Å². The van der Waals surface area contributed by atoms with Crippen molar-refractivity contribution in [3.8, 4) is 0 Å². The minimum absolute atomic E-state index is 0.125. The summed E-state index contributed by atoms with van der Waals surface area (Å²) in [5, 5.41) is 3.84. The van der Waals surface area contributed by atoms with E-state index in [1.807, 2.05) is 37.4 Å². The zero-order valence-electron chi connectivity index (χ0n) is 13.0. The molecule has 0 aliphatic carbocycles. The second-order valence-corrected chi connectivity index (χ2v) is 5.19. The van der Waals surface area contributed by atoms with Crippen LogP contribution in [0.15, 0.2) is 30.5 Å². The molecule has 22 heavy (non-hydrogen) atoms. The topological polar surface area (TPSA) is 71.2 Å². The molecule has 0 fully saturated rings. The van der Waals surface area contributed by atoms with Gasteiger partial charge in [-0.25, -0.2) is 4.79 Å². The third-order valence-electron chi connectivity index (χ3n) is 3.48. The predicted molar refractivity (Wildman–Crippen MR) is 85.5 cm³/mol. The first-order valence-corrected chi connectivity index (χ1v) is 7.66. The molecule has 0 radical (unpaired) electrons. The van der Waals surface area contributed by atoms with Gasteiger partial charge in [0.2, 0.25) is 5.91 Å². The first-order chi connectivity index (χ1) is 10.7. The number of ether oxygens (including phenoxy) is 1. The van der Waals surface area contributed by atoms with Gasteiger partial charge in [0.25, 0.3) is 0 Å². The summed E-state index contributed by atoms with van der Waals surface area (Å²) in [6.45, 7) is 3.99. The summed E-state index contributed by atoms with van der Waals surface area (Å²) >= 11 is 0. The number of amides is 1. The maximum Gasteiger partial charge on any atom is 0.328 e. The molecule has 1 amide bonds. The van der Waals surface area contributed by atoms with Crippen molar-refractivity contribution in [3.63, 3.8) is 0 Å². The molecule has 0 bridgehead atoms. The van der Waals surface area contributed by atoms with Crippen LogP contribution in [0.25, 0.3) is 10.9 Å². The predicted octanol–water partition coefficient (Wildman–Crippen LogP) is 2.56. The van der Waals surface area contributed by atoms with Crippen molar-refractivity contribution in [2.75, 3.05) is 6.61 Å². The molecular formula is C17H22N2O3. The smallest absolute Gasteiger partial charge is 0.328 e. The first kappa shape index (κ1) is 16.1. The number of hydrogen-bond acceptors (Lipinski definition) is 3. The number of fused-ring (bicyclic) bond motifs is 1. The second kappa shape index (κ2) is 7.64. The molecular weight excluding hydrogens is 280 g/mol. The Balaban J connectivity index is 2.17. The zero-order valence-corrected chi connectivity index (χ0v) is 13.0. The van der Waals surface area contributed by atoms with E-state index in [4.69, 9.17) is 4.74 Å². The second-order valence-electron chi connectivity index (χ2n) is 5.19. The largest absolute Gasteiger partial charge is 0.464 e. The lowest BCUT2D eigenvalue weighted by Gasteiger charge is -2.17. The summed E-state index contributed by atoms with van der Waals surface area (Å²) in [6, 6.07) is 7.23. The molecule has 1 heterocycles. The van der Waals surface area contributed by atoms with Crippen molar-refractivity contribution in [2.24, 2.45) is 0 Å². The van der Waals surface area contributed by atoms with Crippen LogP contribution >= 0.6 is 0 Å². The maximum absolute atomic E-state index is 12.1. The molecule has 1 aromatic carbocycles. The third-order valence-corrected chi connectivity index (χ3v) is 3.48. The lowest BCUT2D eigenvalue weighted by atomic mass is 10.0. The van der Waals surface area contributed by atoms with E-state index in [9.17, 15) is 9.59 Å². The number of hydrogen-bond donors (Lipinski definition) is 2. The van der Waals surface area contributed by atoms with Crippen LogP contribution in [0.3, 0.4) is 0 Å². The molecule has 0 aliphatic heterocycles. The van der Waals surface area contributed by atoms with E-state index in [2.05, 4.69) is 10.3 Å². The molecule has 2 N–H and O–H groups in total. The summed E-state index contributed by atoms with van der Waals surface area (Å²) in [5.74, 6) is -0.516. The molecule has 2 aromatic rings. The van der Waals surface area contributed by atoms with Crippen molar-refractivity contribution < 1.29 is 14.3 Å². The van der Waals surface area contributed by atoms with Crippen LogP contribution in [0.5, 0.6) is 0 Å². The standard InChI is InChI=1S/C17H22N2O3/c1-3-7-16(20)19-15(17(21)22-4-2)10-12-11-18-14-9-6-5-8-13(12)14/h5-6,8-9,11,15,18H,3-4,7,10H2,1-2H3,(H,19,20)/t15-/m0/s1. The highest BCUT2D eigenvalue weighted by Gasteiger charge is 2.23. The van der Waals surface area contributed by atoms with E-state index < -0.39 is 12.0 Å². The van der Waals surface area contributed by atoms with Gasteiger partial charge in [0.05, 0.1) is 6.61 Å². The number of benzene rings is 1. The maximum atomic E-state index is 12.1. The highest BCUT2D eigenvalue weighted by Crippen LogP contribution is 2.19. The van der Waals surface area contributed by atoms with E-state index >= 15 is 0 Å². The Bertz CT molecular complexity index is 648. The molecule has 118 valence electrons. The fourth-order valence-corrected chi connectivity index (χ4v) is 2.45. The van der Waals surface area contributed by atoms with Crippen molar-refractivity contribution in [2.45, 2.75) is 39.2 Å². The van der Waals surface area contributed by atoms with E-state index in [0.717, 1.165) is 22.9 Å². The van der Waals surface area contributed by atoms with Crippen LogP contribution in [0.4, 0.5) is 0 Å². The summed E-state index contributed by atoms with van der Waals surface area (Å²) in [4.78, 5) is 27.1. The SMILES string of the molecule is CCCC(=O)N[C@@H](Cc1c[nH]c2ccccc12)C(=O)OCC. The fraction of sp³-hybridized carbons (Fsp3) is 0.412. The summed E-state index contributed by atoms with van der Waals surface area (Å²) in [6.07, 6.45) is 3.44. The van der Waals surface area contributed by atoms with Crippen LogP contribution in [0, 0.1) is 0 Å². The molecule has 5 nitrogen and oxygen atoms in total. The molecule has 0 saturated carbocycles. The van der Waals surface area contributed by atoms with Gasteiger partial charge >= 0.3 is 5.97 Å². The van der Waals surface area contributed by atoms with Crippen molar-refractivity contribution >= 4 is 22.8 Å². The van der Waals surface area contributed by atoms with Gasteiger partial charge in [-0.15, -0.1) is 0 Å². The molecule has 1 atom stereocenters. The molecule has 0 unspecified atom stereocenters. The average molecular weight is 302 g/mol. The van der Waals surface area contributed by atoms with Gasteiger partial charge in [-0.1, -0.05) is 25.1 Å². The van der Waals surface area contributed by atoms with Gasteiger partial charge in [-0.3, -0.25) is 4.79 Å². The number of carbonyl (C=O) groups is 2. The Hall–Kier alpha value is -2.30. The lowest BCUT2D eigenvalue weighted by Crippen LogP contribution is -2.43. The molecule has 0 saturated heterocycles. The van der Waals surface area contributed by atoms with Gasteiger partial charge in [-0.2, -0.15) is 0 Å². The molecule has 0 aliphatic rings. The molecule has 2 rings (SSSR count). The number of H-pyrrole nitrogens is 1. The van der Waals surface area contributed by atoms with Crippen molar-refractivity contribution in [3.05, 3.63) is 36.0 Å². The normalized spacial score (nSPS) is 12.1. The van der Waals surface area contributed by atoms with E-state index in [-0.39, 0.29) is 5.91 Å². The Kier molecular flexibility index (Phi) is 5.58. The fourth-order valence-electron chi connectivity index (χ4n) is 2.45. The first-order valence-electron chi connectivity index (χ1n) is 7.66. The summed E-state index contributed by atoms with van der Waals surface area (Å²) in [7, 11) is 0. The van der Waals surface area contributed by atoms with Gasteiger partial charge < -0.3 is 15.0 Å².